The van der Waals surface area contributed by atoms with Gasteiger partial charge in [0.25, 0.3) is 5.91 Å². The van der Waals surface area contributed by atoms with E-state index in [0.717, 1.165) is 23.0 Å². The molecule has 2 aliphatic rings. The van der Waals surface area contributed by atoms with Crippen molar-refractivity contribution in [2.75, 3.05) is 38.3 Å². The maximum Gasteiger partial charge on any atom is 0.265 e. The first-order chi connectivity index (χ1) is 9.99. The number of anilines is 2. The first-order valence-corrected chi connectivity index (χ1v) is 8.65. The van der Waals surface area contributed by atoms with Crippen LogP contribution in [-0.2, 0) is 0 Å². The molecule has 116 valence electrons. The maximum absolute atomic E-state index is 12.3. The average Bonchev–Trinajstić information content (AvgIpc) is 3.16. The van der Waals surface area contributed by atoms with Crippen LogP contribution in [0, 0.1) is 5.92 Å². The minimum atomic E-state index is 0.0303. The summed E-state index contributed by atoms with van der Waals surface area (Å²) in [5.41, 5.74) is 8.31. The number of carbonyl (C=O) groups excluding carboxylic acids is 1. The monoisotopic (exact) mass is 307 g/mol. The van der Waals surface area contributed by atoms with Crippen LogP contribution in [0.15, 0.2) is 0 Å². The second kappa shape index (κ2) is 5.52. The molecular weight excluding hydrogens is 282 g/mol. The number of nitrogens with zero attached hydrogens (tertiary/aromatic N) is 2. The SMILES string of the molecule is CN(C)C(=O)c1sc(N(C)CC2CCC2)c(C2CC2)c1N. The zero-order valence-corrected chi connectivity index (χ0v) is 14.0. The highest BCUT2D eigenvalue weighted by Crippen LogP contribution is 2.52. The van der Waals surface area contributed by atoms with Crippen molar-refractivity contribution in [2.24, 2.45) is 5.92 Å². The fourth-order valence-corrected chi connectivity index (χ4v) is 4.30. The summed E-state index contributed by atoms with van der Waals surface area (Å²) in [4.78, 5) is 17.0. The van der Waals surface area contributed by atoms with E-state index in [-0.39, 0.29) is 5.91 Å². The summed E-state index contributed by atoms with van der Waals surface area (Å²) in [6.45, 7) is 1.09. The summed E-state index contributed by atoms with van der Waals surface area (Å²) >= 11 is 1.59. The second-order valence-electron chi connectivity index (χ2n) is 6.71. The number of nitrogens with two attached hydrogens (primary N) is 1. The Hall–Kier alpha value is -1.23. The third-order valence-electron chi connectivity index (χ3n) is 4.65. The predicted octanol–water partition coefficient (Wildman–Crippen LogP) is 3.15. The summed E-state index contributed by atoms with van der Waals surface area (Å²) in [5, 5.41) is 1.23. The molecule has 1 aromatic rings. The standard InChI is InChI=1S/C16H25N3OS/c1-18(2)15(20)14-13(17)12(11-7-8-11)16(21-14)19(3)9-10-5-4-6-10/h10-11H,4-9,17H2,1-3H3. The molecule has 0 aromatic carbocycles. The van der Waals surface area contributed by atoms with Gasteiger partial charge in [0.2, 0.25) is 0 Å². The fraction of sp³-hybridized carbons (Fsp3) is 0.688. The van der Waals surface area contributed by atoms with E-state index in [1.165, 1.54) is 42.7 Å². The van der Waals surface area contributed by atoms with Crippen molar-refractivity contribution in [2.45, 2.75) is 38.0 Å². The summed E-state index contributed by atoms with van der Waals surface area (Å²) in [6.07, 6.45) is 6.47. The van der Waals surface area contributed by atoms with Gasteiger partial charge in [-0.1, -0.05) is 6.42 Å². The lowest BCUT2D eigenvalue weighted by Crippen LogP contribution is -2.29. The second-order valence-corrected chi connectivity index (χ2v) is 7.71. The number of hydrogen-bond donors (Lipinski definition) is 1. The molecule has 0 saturated heterocycles. The van der Waals surface area contributed by atoms with Crippen molar-refractivity contribution in [3.63, 3.8) is 0 Å². The van der Waals surface area contributed by atoms with Crippen molar-refractivity contribution in [3.8, 4) is 0 Å². The molecule has 1 amide bonds. The van der Waals surface area contributed by atoms with Gasteiger partial charge in [0.15, 0.2) is 0 Å². The molecule has 5 heteroatoms. The molecule has 1 heterocycles. The third kappa shape index (κ3) is 2.76. The number of hydrogen-bond acceptors (Lipinski definition) is 4. The van der Waals surface area contributed by atoms with Gasteiger partial charge in [0.05, 0.1) is 10.7 Å². The van der Waals surface area contributed by atoms with Gasteiger partial charge in [-0.05, 0) is 37.5 Å². The van der Waals surface area contributed by atoms with Gasteiger partial charge in [-0.15, -0.1) is 11.3 Å². The van der Waals surface area contributed by atoms with E-state index in [2.05, 4.69) is 11.9 Å². The lowest BCUT2D eigenvalue weighted by Gasteiger charge is -2.31. The van der Waals surface area contributed by atoms with E-state index in [4.69, 9.17) is 5.73 Å². The van der Waals surface area contributed by atoms with Crippen LogP contribution in [0.25, 0.3) is 0 Å². The quantitative estimate of drug-likeness (QED) is 0.909. The zero-order valence-electron chi connectivity index (χ0n) is 13.2. The minimum absolute atomic E-state index is 0.0303. The van der Waals surface area contributed by atoms with Crippen molar-refractivity contribution >= 4 is 27.9 Å². The minimum Gasteiger partial charge on any atom is -0.397 e. The summed E-state index contributed by atoms with van der Waals surface area (Å²) in [7, 11) is 5.73. The van der Waals surface area contributed by atoms with Gasteiger partial charge < -0.3 is 15.5 Å². The van der Waals surface area contributed by atoms with Gasteiger partial charge in [-0.25, -0.2) is 0 Å². The molecule has 3 rings (SSSR count). The highest BCUT2D eigenvalue weighted by atomic mass is 32.1. The summed E-state index contributed by atoms with van der Waals surface area (Å²) in [5.74, 6) is 1.42. The summed E-state index contributed by atoms with van der Waals surface area (Å²) in [6, 6.07) is 0. The lowest BCUT2D eigenvalue weighted by molar-refractivity contribution is 0.0833. The molecule has 1 aromatic heterocycles. The van der Waals surface area contributed by atoms with Crippen LogP contribution in [0.1, 0.15) is 53.3 Å². The Bertz CT molecular complexity index is 544. The largest absolute Gasteiger partial charge is 0.397 e. The van der Waals surface area contributed by atoms with Gasteiger partial charge >= 0.3 is 0 Å². The van der Waals surface area contributed by atoms with E-state index in [9.17, 15) is 4.79 Å². The molecule has 0 aliphatic heterocycles. The molecule has 0 spiro atoms. The highest BCUT2D eigenvalue weighted by molar-refractivity contribution is 7.18. The maximum atomic E-state index is 12.3. The Balaban J connectivity index is 1.90. The Labute approximate surface area is 130 Å². The molecule has 2 saturated carbocycles. The van der Waals surface area contributed by atoms with Crippen molar-refractivity contribution in [1.82, 2.24) is 4.90 Å². The van der Waals surface area contributed by atoms with Crippen molar-refractivity contribution in [1.29, 1.82) is 0 Å². The van der Waals surface area contributed by atoms with Crippen LogP contribution < -0.4 is 10.6 Å². The Morgan fingerprint density at radius 1 is 1.24 bits per heavy atom. The van der Waals surface area contributed by atoms with E-state index in [1.807, 2.05) is 0 Å². The Morgan fingerprint density at radius 2 is 1.90 bits per heavy atom. The van der Waals surface area contributed by atoms with E-state index < -0.39 is 0 Å². The van der Waals surface area contributed by atoms with Crippen LogP contribution in [0.5, 0.6) is 0 Å². The lowest BCUT2D eigenvalue weighted by atomic mass is 9.85. The third-order valence-corrected chi connectivity index (χ3v) is 5.98. The van der Waals surface area contributed by atoms with E-state index >= 15 is 0 Å². The molecule has 2 fully saturated rings. The Morgan fingerprint density at radius 3 is 2.38 bits per heavy atom. The van der Waals surface area contributed by atoms with Crippen molar-refractivity contribution in [3.05, 3.63) is 10.4 Å². The molecule has 21 heavy (non-hydrogen) atoms. The fourth-order valence-electron chi connectivity index (χ4n) is 3.00. The predicted molar refractivity (Wildman–Crippen MR) is 89.3 cm³/mol. The van der Waals surface area contributed by atoms with Gasteiger partial charge in [-0.3, -0.25) is 4.79 Å². The molecule has 0 radical (unpaired) electrons. The number of carbonyl (C=O) groups is 1. The molecular formula is C16H25N3OS. The Kier molecular flexibility index (Phi) is 3.86. The topological polar surface area (TPSA) is 49.6 Å². The van der Waals surface area contributed by atoms with Gasteiger partial charge in [0.1, 0.15) is 4.88 Å². The van der Waals surface area contributed by atoms with Crippen LogP contribution in [0.2, 0.25) is 0 Å². The van der Waals surface area contributed by atoms with Gasteiger partial charge in [0, 0.05) is 33.3 Å². The number of rotatable bonds is 5. The number of amides is 1. The van der Waals surface area contributed by atoms with E-state index in [0.29, 0.717) is 5.92 Å². The molecule has 4 nitrogen and oxygen atoms in total. The molecule has 2 aliphatic carbocycles. The van der Waals surface area contributed by atoms with Gasteiger partial charge in [-0.2, -0.15) is 0 Å². The van der Waals surface area contributed by atoms with Crippen LogP contribution in [0.4, 0.5) is 10.7 Å². The van der Waals surface area contributed by atoms with Crippen LogP contribution in [0.3, 0.4) is 0 Å². The first-order valence-electron chi connectivity index (χ1n) is 7.84. The zero-order chi connectivity index (χ0) is 15.1. The molecule has 2 N–H and O–H groups in total. The number of nitrogen functional groups attached to an aromatic ring is 1. The highest BCUT2D eigenvalue weighted by Gasteiger charge is 2.35. The van der Waals surface area contributed by atoms with E-state index in [1.54, 1.807) is 30.3 Å². The molecule has 0 unspecified atom stereocenters. The molecule has 0 bridgehead atoms. The first kappa shape index (κ1) is 14.7. The van der Waals surface area contributed by atoms with Crippen LogP contribution >= 0.6 is 11.3 Å². The normalized spacial score (nSPS) is 18.4. The number of thiophene rings is 1. The summed E-state index contributed by atoms with van der Waals surface area (Å²) < 4.78 is 0. The smallest absolute Gasteiger partial charge is 0.265 e. The molecule has 0 atom stereocenters. The van der Waals surface area contributed by atoms with Crippen LogP contribution in [-0.4, -0.2) is 38.5 Å². The average molecular weight is 307 g/mol. The van der Waals surface area contributed by atoms with Crippen molar-refractivity contribution < 1.29 is 4.79 Å².